The Bertz CT molecular complexity index is 471. The number of amides is 1. The molecule has 0 spiro atoms. The van der Waals surface area contributed by atoms with Gasteiger partial charge in [0, 0.05) is 39.6 Å². The highest BCUT2D eigenvalue weighted by molar-refractivity contribution is 7.91. The number of rotatable bonds is 7. The highest BCUT2D eigenvalue weighted by atomic mass is 32.2. The van der Waals surface area contributed by atoms with E-state index in [0.29, 0.717) is 6.54 Å². The van der Waals surface area contributed by atoms with Crippen molar-refractivity contribution in [3.63, 3.8) is 0 Å². The largest absolute Gasteiger partial charge is 0.480 e. The molecule has 1 saturated heterocycles. The van der Waals surface area contributed by atoms with Crippen LogP contribution in [0.4, 0.5) is 0 Å². The number of carbonyl (C=O) groups is 2. The van der Waals surface area contributed by atoms with E-state index in [1.54, 1.807) is 0 Å². The van der Waals surface area contributed by atoms with E-state index in [9.17, 15) is 18.0 Å². The van der Waals surface area contributed by atoms with Crippen molar-refractivity contribution in [1.82, 2.24) is 15.1 Å². The summed E-state index contributed by atoms with van der Waals surface area (Å²) < 4.78 is 24.0. The van der Waals surface area contributed by atoms with E-state index in [4.69, 9.17) is 5.11 Å². The Morgan fingerprint density at radius 1 is 1.24 bits per heavy atom. The maximum Gasteiger partial charge on any atom is 0.327 e. The molecule has 1 amide bonds. The second-order valence-electron chi connectivity index (χ2n) is 5.35. The van der Waals surface area contributed by atoms with Crippen molar-refractivity contribution in [3.05, 3.63) is 0 Å². The molecule has 1 atom stereocenters. The predicted molar refractivity (Wildman–Crippen MR) is 77.8 cm³/mol. The minimum absolute atomic E-state index is 0.0971. The summed E-state index contributed by atoms with van der Waals surface area (Å²) in [5, 5.41) is 11.1. The molecule has 1 fully saturated rings. The first-order valence-electron chi connectivity index (χ1n) is 6.81. The second-order valence-corrected chi connectivity index (χ2v) is 7.58. The minimum Gasteiger partial charge on any atom is -0.480 e. The van der Waals surface area contributed by atoms with E-state index >= 15 is 0 Å². The number of carboxylic acid groups (broad SMARTS) is 1. The SMILES string of the molecule is CC(=O)NC(CS(=O)(=O)CCN1CCN(C)CC1)C(=O)O. The van der Waals surface area contributed by atoms with E-state index in [0.717, 1.165) is 33.1 Å². The van der Waals surface area contributed by atoms with Crippen LogP contribution < -0.4 is 5.32 Å². The standard InChI is InChI=1S/C12H23N3O5S/c1-10(16)13-11(12(17)18)9-21(19,20)8-7-15-5-3-14(2)4-6-15/h11H,3-9H2,1-2H3,(H,13,16)(H,17,18). The molecule has 1 heterocycles. The van der Waals surface area contributed by atoms with Gasteiger partial charge in [-0.25, -0.2) is 13.2 Å². The van der Waals surface area contributed by atoms with Gasteiger partial charge < -0.3 is 15.3 Å². The Morgan fingerprint density at radius 3 is 2.29 bits per heavy atom. The lowest BCUT2D eigenvalue weighted by molar-refractivity contribution is -0.140. The number of likely N-dealkylation sites (N-methyl/N-ethyl adjacent to an activating group) is 1. The average Bonchev–Trinajstić information content (AvgIpc) is 2.36. The van der Waals surface area contributed by atoms with Crippen molar-refractivity contribution in [1.29, 1.82) is 0 Å². The first-order valence-corrected chi connectivity index (χ1v) is 8.63. The molecule has 1 unspecified atom stereocenters. The zero-order valence-corrected chi connectivity index (χ0v) is 13.2. The molecule has 2 N–H and O–H groups in total. The van der Waals surface area contributed by atoms with E-state index in [-0.39, 0.29) is 5.75 Å². The van der Waals surface area contributed by atoms with Crippen molar-refractivity contribution < 1.29 is 23.1 Å². The van der Waals surface area contributed by atoms with Crippen LogP contribution in [0.5, 0.6) is 0 Å². The van der Waals surface area contributed by atoms with Crippen LogP contribution in [-0.4, -0.2) is 92.5 Å². The van der Waals surface area contributed by atoms with Crippen molar-refractivity contribution in [2.24, 2.45) is 0 Å². The molecular formula is C12H23N3O5S. The Morgan fingerprint density at radius 2 is 1.81 bits per heavy atom. The van der Waals surface area contributed by atoms with Crippen molar-refractivity contribution in [3.8, 4) is 0 Å². The van der Waals surface area contributed by atoms with Crippen molar-refractivity contribution in [2.75, 3.05) is 51.3 Å². The van der Waals surface area contributed by atoms with Crippen LogP contribution in [0.15, 0.2) is 0 Å². The van der Waals surface area contributed by atoms with E-state index in [1.165, 1.54) is 0 Å². The topological polar surface area (TPSA) is 107 Å². The third kappa shape index (κ3) is 6.87. The number of sulfone groups is 1. The van der Waals surface area contributed by atoms with Crippen LogP contribution in [0.2, 0.25) is 0 Å². The van der Waals surface area contributed by atoms with Gasteiger partial charge in [-0.05, 0) is 7.05 Å². The first kappa shape index (κ1) is 17.9. The number of carbonyl (C=O) groups excluding carboxylic acids is 1. The average molecular weight is 321 g/mol. The van der Waals surface area contributed by atoms with Gasteiger partial charge in [0.15, 0.2) is 9.84 Å². The van der Waals surface area contributed by atoms with Crippen LogP contribution in [0.1, 0.15) is 6.92 Å². The third-order valence-corrected chi connectivity index (χ3v) is 5.06. The first-order chi connectivity index (χ1) is 9.69. The molecule has 1 aliphatic heterocycles. The lowest BCUT2D eigenvalue weighted by Gasteiger charge is -2.32. The molecule has 0 radical (unpaired) electrons. The molecule has 9 heteroatoms. The molecule has 0 saturated carbocycles. The van der Waals surface area contributed by atoms with Crippen molar-refractivity contribution >= 4 is 21.7 Å². The van der Waals surface area contributed by atoms with Gasteiger partial charge in [-0.1, -0.05) is 0 Å². The van der Waals surface area contributed by atoms with Crippen LogP contribution in [0.25, 0.3) is 0 Å². The van der Waals surface area contributed by atoms with E-state index in [2.05, 4.69) is 10.2 Å². The summed E-state index contributed by atoms with van der Waals surface area (Å²) in [4.78, 5) is 26.1. The fourth-order valence-electron chi connectivity index (χ4n) is 2.10. The predicted octanol–water partition coefficient (Wildman–Crippen LogP) is -1.76. The number of nitrogens with zero attached hydrogens (tertiary/aromatic N) is 2. The molecule has 0 bridgehead atoms. The molecule has 8 nitrogen and oxygen atoms in total. The Hall–Kier alpha value is -1.19. The van der Waals surface area contributed by atoms with Gasteiger partial charge in [-0.15, -0.1) is 0 Å². The van der Waals surface area contributed by atoms with Gasteiger partial charge >= 0.3 is 5.97 Å². The van der Waals surface area contributed by atoms with Crippen LogP contribution >= 0.6 is 0 Å². The second kappa shape index (κ2) is 7.71. The Labute approximate surface area is 125 Å². The molecule has 21 heavy (non-hydrogen) atoms. The Balaban J connectivity index is 2.48. The number of hydrogen-bond acceptors (Lipinski definition) is 6. The van der Waals surface area contributed by atoms with Gasteiger partial charge in [0.05, 0.1) is 11.5 Å². The Kier molecular flexibility index (Phi) is 6.56. The summed E-state index contributed by atoms with van der Waals surface area (Å²) in [5.74, 6) is -2.57. The summed E-state index contributed by atoms with van der Waals surface area (Å²) in [6.07, 6.45) is 0. The van der Waals surface area contributed by atoms with Gasteiger partial charge in [0.2, 0.25) is 5.91 Å². The van der Waals surface area contributed by atoms with Crippen LogP contribution in [0, 0.1) is 0 Å². The number of hydrogen-bond donors (Lipinski definition) is 2. The fourth-order valence-corrected chi connectivity index (χ4v) is 3.53. The lowest BCUT2D eigenvalue weighted by Crippen LogP contribution is -2.48. The van der Waals surface area contributed by atoms with Crippen LogP contribution in [0.3, 0.4) is 0 Å². The summed E-state index contributed by atoms with van der Waals surface area (Å²) >= 11 is 0. The van der Waals surface area contributed by atoms with Gasteiger partial charge in [-0.2, -0.15) is 0 Å². The third-order valence-electron chi connectivity index (χ3n) is 3.41. The maximum absolute atomic E-state index is 12.0. The molecule has 122 valence electrons. The smallest absolute Gasteiger partial charge is 0.327 e. The molecule has 0 aromatic heterocycles. The molecule has 0 aromatic carbocycles. The zero-order chi connectivity index (χ0) is 16.0. The minimum atomic E-state index is -3.54. The lowest BCUT2D eigenvalue weighted by atomic mass is 10.3. The molecule has 1 rings (SSSR count). The molecule has 0 aliphatic carbocycles. The highest BCUT2D eigenvalue weighted by Crippen LogP contribution is 2.02. The normalized spacial score (nSPS) is 19.1. The fraction of sp³-hybridized carbons (Fsp3) is 0.833. The quantitative estimate of drug-likeness (QED) is 0.572. The summed E-state index contributed by atoms with van der Waals surface area (Å²) in [7, 11) is -1.52. The summed E-state index contributed by atoms with van der Waals surface area (Å²) in [6.45, 7) is 4.95. The van der Waals surface area contributed by atoms with Crippen LogP contribution in [-0.2, 0) is 19.4 Å². The number of nitrogens with one attached hydrogen (secondary N) is 1. The zero-order valence-electron chi connectivity index (χ0n) is 12.4. The molecule has 1 aliphatic rings. The summed E-state index contributed by atoms with van der Waals surface area (Å²) in [6, 6.07) is -1.39. The van der Waals surface area contributed by atoms with Gasteiger partial charge in [0.1, 0.15) is 6.04 Å². The van der Waals surface area contributed by atoms with E-state index < -0.39 is 33.5 Å². The number of aliphatic carboxylic acids is 1. The summed E-state index contributed by atoms with van der Waals surface area (Å²) in [5.41, 5.74) is 0. The van der Waals surface area contributed by atoms with Gasteiger partial charge in [0.25, 0.3) is 0 Å². The van der Waals surface area contributed by atoms with E-state index in [1.807, 2.05) is 11.9 Å². The maximum atomic E-state index is 12.0. The van der Waals surface area contributed by atoms with Crippen molar-refractivity contribution in [2.45, 2.75) is 13.0 Å². The highest BCUT2D eigenvalue weighted by Gasteiger charge is 2.26. The molecule has 0 aromatic rings. The number of piperazine rings is 1. The van der Waals surface area contributed by atoms with Gasteiger partial charge in [-0.3, -0.25) is 9.69 Å². The molecular weight excluding hydrogens is 298 g/mol. The number of carboxylic acids is 1. The monoisotopic (exact) mass is 321 g/mol.